The summed E-state index contributed by atoms with van der Waals surface area (Å²) in [5, 5.41) is 0. The maximum absolute atomic E-state index is 6.52. The minimum Gasteiger partial charge on any atom is -0.398 e. The van der Waals surface area contributed by atoms with Crippen molar-refractivity contribution in [3.8, 4) is 0 Å². The zero-order valence-electron chi connectivity index (χ0n) is 14.4. The molecule has 0 bridgehead atoms. The number of likely N-dealkylation sites (tertiary alicyclic amines) is 1. The SMILES string of the molecule is Nc1ccccc1C(c1ccccc1)(c1ccccc1)N1CCCC1. The third-order valence-electron chi connectivity index (χ3n) is 5.31. The Kier molecular flexibility index (Phi) is 4.29. The van der Waals surface area contributed by atoms with Gasteiger partial charge >= 0.3 is 0 Å². The van der Waals surface area contributed by atoms with Crippen LogP contribution in [0.1, 0.15) is 29.5 Å². The highest BCUT2D eigenvalue weighted by Gasteiger charge is 2.43. The van der Waals surface area contributed by atoms with E-state index in [2.05, 4.69) is 77.7 Å². The molecule has 0 aliphatic carbocycles. The van der Waals surface area contributed by atoms with Gasteiger partial charge < -0.3 is 5.73 Å². The molecule has 1 heterocycles. The van der Waals surface area contributed by atoms with E-state index in [4.69, 9.17) is 5.73 Å². The van der Waals surface area contributed by atoms with Gasteiger partial charge in [0, 0.05) is 11.3 Å². The summed E-state index contributed by atoms with van der Waals surface area (Å²) < 4.78 is 0. The van der Waals surface area contributed by atoms with Crippen LogP contribution in [0, 0.1) is 0 Å². The minimum absolute atomic E-state index is 0.343. The van der Waals surface area contributed by atoms with Crippen LogP contribution >= 0.6 is 0 Å². The van der Waals surface area contributed by atoms with Crippen LogP contribution in [-0.2, 0) is 5.54 Å². The smallest absolute Gasteiger partial charge is 0.0992 e. The summed E-state index contributed by atoms with van der Waals surface area (Å²) in [6.07, 6.45) is 2.46. The monoisotopic (exact) mass is 328 g/mol. The zero-order chi connectivity index (χ0) is 17.1. The Morgan fingerprint density at radius 2 is 1.12 bits per heavy atom. The van der Waals surface area contributed by atoms with Gasteiger partial charge in [0.05, 0.1) is 5.54 Å². The second kappa shape index (κ2) is 6.73. The topological polar surface area (TPSA) is 29.3 Å². The van der Waals surface area contributed by atoms with Crippen LogP contribution in [0.15, 0.2) is 84.9 Å². The van der Waals surface area contributed by atoms with Crippen molar-refractivity contribution >= 4 is 5.69 Å². The van der Waals surface area contributed by atoms with E-state index in [0.29, 0.717) is 0 Å². The average Bonchev–Trinajstić information content (AvgIpc) is 3.21. The Morgan fingerprint density at radius 1 is 0.640 bits per heavy atom. The van der Waals surface area contributed by atoms with Crippen molar-refractivity contribution < 1.29 is 0 Å². The fraction of sp³-hybridized carbons (Fsp3) is 0.217. The van der Waals surface area contributed by atoms with Gasteiger partial charge in [-0.3, -0.25) is 4.90 Å². The van der Waals surface area contributed by atoms with Crippen molar-refractivity contribution in [2.45, 2.75) is 18.4 Å². The third kappa shape index (κ3) is 2.63. The predicted octanol–water partition coefficient (Wildman–Crippen LogP) is 4.66. The molecule has 2 nitrogen and oxygen atoms in total. The lowest BCUT2D eigenvalue weighted by molar-refractivity contribution is 0.200. The molecule has 25 heavy (non-hydrogen) atoms. The third-order valence-corrected chi connectivity index (χ3v) is 5.31. The second-order valence-corrected chi connectivity index (χ2v) is 6.72. The van der Waals surface area contributed by atoms with Crippen molar-refractivity contribution in [3.05, 3.63) is 102 Å². The number of benzene rings is 3. The molecular weight excluding hydrogens is 304 g/mol. The Bertz CT molecular complexity index is 781. The number of nitrogens with zero attached hydrogens (tertiary/aromatic N) is 1. The van der Waals surface area contributed by atoms with Gasteiger partial charge in [-0.25, -0.2) is 0 Å². The fourth-order valence-electron chi connectivity index (χ4n) is 4.25. The Labute approximate surface area is 149 Å². The number of nitrogens with two attached hydrogens (primary N) is 1. The lowest BCUT2D eigenvalue weighted by Gasteiger charge is -2.44. The standard InChI is InChI=1S/C23H24N2/c24-22-16-8-7-15-21(22)23(25-17-9-10-18-25,19-11-3-1-4-12-19)20-13-5-2-6-14-20/h1-8,11-16H,9-10,17-18,24H2. The summed E-state index contributed by atoms with van der Waals surface area (Å²) in [7, 11) is 0. The Hall–Kier alpha value is -2.58. The molecule has 126 valence electrons. The molecule has 3 aromatic rings. The van der Waals surface area contributed by atoms with Crippen molar-refractivity contribution in [1.82, 2.24) is 4.90 Å². The van der Waals surface area contributed by atoms with E-state index < -0.39 is 0 Å². The van der Waals surface area contributed by atoms with E-state index >= 15 is 0 Å². The van der Waals surface area contributed by atoms with Crippen LogP contribution in [0.2, 0.25) is 0 Å². The molecule has 1 aliphatic rings. The first-order chi connectivity index (χ1) is 12.3. The summed E-state index contributed by atoms with van der Waals surface area (Å²) in [5.41, 5.74) is 10.8. The second-order valence-electron chi connectivity index (χ2n) is 6.72. The molecule has 2 N–H and O–H groups in total. The van der Waals surface area contributed by atoms with E-state index in [1.807, 2.05) is 12.1 Å². The number of hydrogen-bond donors (Lipinski definition) is 1. The lowest BCUT2D eigenvalue weighted by Crippen LogP contribution is -2.47. The van der Waals surface area contributed by atoms with E-state index in [-0.39, 0.29) is 5.54 Å². The van der Waals surface area contributed by atoms with Crippen LogP contribution < -0.4 is 5.73 Å². The first-order valence-electron chi connectivity index (χ1n) is 9.04. The molecule has 2 heteroatoms. The number of rotatable bonds is 4. The molecule has 1 aliphatic heterocycles. The van der Waals surface area contributed by atoms with Crippen molar-refractivity contribution in [2.75, 3.05) is 18.8 Å². The molecule has 0 unspecified atom stereocenters. The Morgan fingerprint density at radius 3 is 1.64 bits per heavy atom. The molecule has 4 rings (SSSR count). The van der Waals surface area contributed by atoms with Crippen LogP contribution in [-0.4, -0.2) is 18.0 Å². The first kappa shape index (κ1) is 15.9. The van der Waals surface area contributed by atoms with Gasteiger partial charge in [-0.2, -0.15) is 0 Å². The van der Waals surface area contributed by atoms with Gasteiger partial charge in [0.2, 0.25) is 0 Å². The maximum Gasteiger partial charge on any atom is 0.0992 e. The zero-order valence-corrected chi connectivity index (χ0v) is 14.4. The molecule has 1 saturated heterocycles. The summed E-state index contributed by atoms with van der Waals surface area (Å²) in [6, 6.07) is 29.9. The number of hydrogen-bond acceptors (Lipinski definition) is 2. The van der Waals surface area contributed by atoms with Gasteiger partial charge in [-0.15, -0.1) is 0 Å². The number of nitrogen functional groups attached to an aromatic ring is 1. The quantitative estimate of drug-likeness (QED) is 0.558. The number of anilines is 1. The molecule has 0 atom stereocenters. The van der Waals surface area contributed by atoms with Gasteiger partial charge in [0.25, 0.3) is 0 Å². The van der Waals surface area contributed by atoms with E-state index in [1.165, 1.54) is 29.5 Å². The molecule has 0 radical (unpaired) electrons. The van der Waals surface area contributed by atoms with Gasteiger partial charge in [-0.1, -0.05) is 78.9 Å². The average molecular weight is 328 g/mol. The molecule has 3 aromatic carbocycles. The highest BCUT2D eigenvalue weighted by atomic mass is 15.2. The van der Waals surface area contributed by atoms with Crippen LogP contribution in [0.5, 0.6) is 0 Å². The van der Waals surface area contributed by atoms with E-state index in [9.17, 15) is 0 Å². The van der Waals surface area contributed by atoms with Gasteiger partial charge in [-0.05, 0) is 43.1 Å². The summed E-state index contributed by atoms with van der Waals surface area (Å²) in [5.74, 6) is 0. The predicted molar refractivity (Wildman–Crippen MR) is 104 cm³/mol. The Balaban J connectivity index is 2.07. The number of para-hydroxylation sites is 1. The molecular formula is C23H24N2. The van der Waals surface area contributed by atoms with Gasteiger partial charge in [0.1, 0.15) is 0 Å². The summed E-state index contributed by atoms with van der Waals surface area (Å²) in [4.78, 5) is 2.60. The summed E-state index contributed by atoms with van der Waals surface area (Å²) >= 11 is 0. The van der Waals surface area contributed by atoms with Crippen LogP contribution in [0.4, 0.5) is 5.69 Å². The van der Waals surface area contributed by atoms with Crippen LogP contribution in [0.25, 0.3) is 0 Å². The maximum atomic E-state index is 6.52. The van der Waals surface area contributed by atoms with Crippen molar-refractivity contribution in [1.29, 1.82) is 0 Å². The van der Waals surface area contributed by atoms with Crippen LogP contribution in [0.3, 0.4) is 0 Å². The normalized spacial score (nSPS) is 15.4. The van der Waals surface area contributed by atoms with E-state index in [1.54, 1.807) is 0 Å². The largest absolute Gasteiger partial charge is 0.398 e. The van der Waals surface area contributed by atoms with Crippen molar-refractivity contribution in [2.24, 2.45) is 0 Å². The van der Waals surface area contributed by atoms with Crippen molar-refractivity contribution in [3.63, 3.8) is 0 Å². The summed E-state index contributed by atoms with van der Waals surface area (Å²) in [6.45, 7) is 2.16. The molecule has 1 fully saturated rings. The minimum atomic E-state index is -0.343. The first-order valence-corrected chi connectivity index (χ1v) is 9.04. The lowest BCUT2D eigenvalue weighted by atomic mass is 9.75. The molecule has 0 spiro atoms. The fourth-order valence-corrected chi connectivity index (χ4v) is 4.25. The molecule has 0 aromatic heterocycles. The highest BCUT2D eigenvalue weighted by molar-refractivity contribution is 5.60. The van der Waals surface area contributed by atoms with Gasteiger partial charge in [0.15, 0.2) is 0 Å². The molecule has 0 saturated carbocycles. The highest BCUT2D eigenvalue weighted by Crippen LogP contribution is 2.45. The molecule has 0 amide bonds. The van der Waals surface area contributed by atoms with E-state index in [0.717, 1.165) is 18.8 Å².